The van der Waals surface area contributed by atoms with E-state index in [1.54, 1.807) is 0 Å². The maximum absolute atomic E-state index is 5.25. The van der Waals surface area contributed by atoms with Gasteiger partial charge in [-0.2, -0.15) is 0 Å². The van der Waals surface area contributed by atoms with Gasteiger partial charge in [-0.05, 0) is 19.3 Å². The molecule has 41 valence electrons. The third-order valence-corrected chi connectivity index (χ3v) is 1.28. The van der Waals surface area contributed by atoms with Crippen LogP contribution in [0.5, 0.6) is 0 Å². The van der Waals surface area contributed by atoms with Crippen LogP contribution < -0.4 is 0 Å². The average molecular weight is 99.2 g/mol. The zero-order valence-electron chi connectivity index (χ0n) is 4.68. The number of ether oxygens (including phenoxy) is 1. The van der Waals surface area contributed by atoms with Gasteiger partial charge in [0.15, 0.2) is 0 Å². The van der Waals surface area contributed by atoms with Crippen molar-refractivity contribution in [3.8, 4) is 0 Å². The van der Waals surface area contributed by atoms with Crippen molar-refractivity contribution in [1.82, 2.24) is 0 Å². The second kappa shape index (κ2) is 2.31. The van der Waals surface area contributed by atoms with Crippen molar-refractivity contribution < 1.29 is 4.74 Å². The van der Waals surface area contributed by atoms with Crippen molar-refractivity contribution in [3.63, 3.8) is 0 Å². The van der Waals surface area contributed by atoms with Crippen LogP contribution in [0.15, 0.2) is 0 Å². The molecule has 1 heteroatoms. The van der Waals surface area contributed by atoms with E-state index in [1.807, 2.05) is 0 Å². The highest BCUT2D eigenvalue weighted by Gasteiger charge is 2.11. The molecule has 1 aliphatic rings. The van der Waals surface area contributed by atoms with Gasteiger partial charge in [0.1, 0.15) is 0 Å². The van der Waals surface area contributed by atoms with E-state index in [2.05, 4.69) is 13.3 Å². The van der Waals surface area contributed by atoms with Crippen LogP contribution in [0.1, 0.15) is 19.8 Å². The third-order valence-electron chi connectivity index (χ3n) is 1.28. The Kier molecular flexibility index (Phi) is 1.69. The Morgan fingerprint density at radius 3 is 3.00 bits per heavy atom. The summed E-state index contributed by atoms with van der Waals surface area (Å²) in [5.41, 5.74) is 0. The molecule has 0 spiro atoms. The summed E-state index contributed by atoms with van der Waals surface area (Å²) in [6.45, 7) is 3.09. The first-order valence-electron chi connectivity index (χ1n) is 2.88. The number of rotatable bonds is 1. The predicted molar refractivity (Wildman–Crippen MR) is 28.9 cm³/mol. The van der Waals surface area contributed by atoms with Crippen molar-refractivity contribution in [3.05, 3.63) is 6.42 Å². The van der Waals surface area contributed by atoms with Gasteiger partial charge in [0.2, 0.25) is 0 Å². The molecule has 1 fully saturated rings. The topological polar surface area (TPSA) is 9.23 Å². The third kappa shape index (κ3) is 1.16. The molecule has 1 nitrogen and oxygen atoms in total. The first-order chi connectivity index (χ1) is 3.43. The molecular weight excluding hydrogens is 88.1 g/mol. The summed E-state index contributed by atoms with van der Waals surface area (Å²) in [5, 5.41) is 0. The molecule has 1 radical (unpaired) electrons. The van der Waals surface area contributed by atoms with E-state index >= 15 is 0 Å². The highest BCUT2D eigenvalue weighted by Crippen LogP contribution is 2.12. The summed E-state index contributed by atoms with van der Waals surface area (Å²) >= 11 is 0. The Labute approximate surface area is 44.7 Å². The molecule has 1 aliphatic heterocycles. The van der Waals surface area contributed by atoms with Crippen molar-refractivity contribution in [1.29, 1.82) is 0 Å². The van der Waals surface area contributed by atoms with Gasteiger partial charge in [-0.25, -0.2) is 0 Å². The lowest BCUT2D eigenvalue weighted by molar-refractivity contribution is 0.120. The lowest BCUT2D eigenvalue weighted by atomic mass is 10.2. The van der Waals surface area contributed by atoms with E-state index in [-0.39, 0.29) is 0 Å². The van der Waals surface area contributed by atoms with Gasteiger partial charge in [-0.15, -0.1) is 0 Å². The van der Waals surface area contributed by atoms with E-state index in [1.165, 1.54) is 0 Å². The molecule has 1 rings (SSSR count). The molecule has 0 saturated carbocycles. The smallest absolute Gasteiger partial charge is 0.0605 e. The van der Waals surface area contributed by atoms with Gasteiger partial charge in [0.05, 0.1) is 6.10 Å². The van der Waals surface area contributed by atoms with Crippen LogP contribution >= 0.6 is 0 Å². The molecule has 1 heterocycles. The van der Waals surface area contributed by atoms with Gasteiger partial charge in [0.25, 0.3) is 0 Å². The summed E-state index contributed by atoms with van der Waals surface area (Å²) in [6, 6.07) is 0. The molecule has 0 aromatic heterocycles. The molecule has 0 amide bonds. The zero-order chi connectivity index (χ0) is 5.11. The van der Waals surface area contributed by atoms with Gasteiger partial charge in [0, 0.05) is 6.61 Å². The van der Waals surface area contributed by atoms with E-state index in [0.717, 1.165) is 19.4 Å². The average Bonchev–Trinajstić information content (AvgIpc) is 2.14. The predicted octanol–water partition coefficient (Wildman–Crippen LogP) is 1.39. The Morgan fingerprint density at radius 2 is 2.71 bits per heavy atom. The van der Waals surface area contributed by atoms with Gasteiger partial charge >= 0.3 is 0 Å². The minimum Gasteiger partial charge on any atom is -0.378 e. The second-order valence-corrected chi connectivity index (χ2v) is 1.84. The molecule has 7 heavy (non-hydrogen) atoms. The highest BCUT2D eigenvalue weighted by molar-refractivity contribution is 4.80. The lowest BCUT2D eigenvalue weighted by Crippen LogP contribution is -2.01. The van der Waals surface area contributed by atoms with Crippen molar-refractivity contribution >= 4 is 0 Å². The largest absolute Gasteiger partial charge is 0.378 e. The summed E-state index contributed by atoms with van der Waals surface area (Å²) in [4.78, 5) is 0. The van der Waals surface area contributed by atoms with Crippen LogP contribution in [-0.4, -0.2) is 12.7 Å². The maximum atomic E-state index is 5.25. The van der Waals surface area contributed by atoms with Crippen LogP contribution in [0.2, 0.25) is 0 Å². The van der Waals surface area contributed by atoms with Crippen LogP contribution in [0.4, 0.5) is 0 Å². The van der Waals surface area contributed by atoms with Crippen LogP contribution in [0.3, 0.4) is 0 Å². The number of hydrogen-bond donors (Lipinski definition) is 0. The Morgan fingerprint density at radius 1 is 1.86 bits per heavy atom. The molecule has 0 N–H and O–H groups in total. The van der Waals surface area contributed by atoms with Crippen molar-refractivity contribution in [2.24, 2.45) is 0 Å². The summed E-state index contributed by atoms with van der Waals surface area (Å²) in [5.74, 6) is 0. The van der Waals surface area contributed by atoms with E-state index in [4.69, 9.17) is 4.74 Å². The normalized spacial score (nSPS) is 31.3. The van der Waals surface area contributed by atoms with E-state index in [0.29, 0.717) is 6.10 Å². The molecule has 1 saturated heterocycles. The van der Waals surface area contributed by atoms with Crippen LogP contribution in [0, 0.1) is 6.42 Å². The van der Waals surface area contributed by atoms with Crippen molar-refractivity contribution in [2.75, 3.05) is 6.61 Å². The standard InChI is InChI=1S/C6H11O/c1-2-6-4-3-5-7-6/h4,6H,2-3,5H2,1H3. The van der Waals surface area contributed by atoms with Crippen molar-refractivity contribution in [2.45, 2.75) is 25.9 Å². The minimum absolute atomic E-state index is 0.472. The number of hydrogen-bond acceptors (Lipinski definition) is 1. The lowest BCUT2D eigenvalue weighted by Gasteiger charge is -2.01. The molecule has 1 atom stereocenters. The quantitative estimate of drug-likeness (QED) is 0.482. The van der Waals surface area contributed by atoms with Gasteiger partial charge in [-0.3, -0.25) is 0 Å². The first kappa shape index (κ1) is 5.10. The Bertz CT molecular complexity index is 46.1. The second-order valence-electron chi connectivity index (χ2n) is 1.84. The monoisotopic (exact) mass is 99.1 g/mol. The minimum atomic E-state index is 0.472. The molecule has 0 aliphatic carbocycles. The summed E-state index contributed by atoms with van der Waals surface area (Å²) in [6.07, 6.45) is 5.00. The molecule has 0 aromatic rings. The summed E-state index contributed by atoms with van der Waals surface area (Å²) in [7, 11) is 0. The van der Waals surface area contributed by atoms with E-state index in [9.17, 15) is 0 Å². The first-order valence-corrected chi connectivity index (χ1v) is 2.88. The van der Waals surface area contributed by atoms with Gasteiger partial charge in [-0.1, -0.05) is 6.92 Å². The van der Waals surface area contributed by atoms with E-state index < -0.39 is 0 Å². The molecule has 1 unspecified atom stereocenters. The van der Waals surface area contributed by atoms with Crippen LogP contribution in [0.25, 0.3) is 0 Å². The van der Waals surface area contributed by atoms with Gasteiger partial charge < -0.3 is 4.74 Å². The fourth-order valence-corrected chi connectivity index (χ4v) is 0.826. The molecular formula is C6H11O. The Balaban J connectivity index is 2.14. The molecule has 0 aromatic carbocycles. The maximum Gasteiger partial charge on any atom is 0.0605 e. The Hall–Kier alpha value is -0.0400. The highest BCUT2D eigenvalue weighted by atomic mass is 16.5. The van der Waals surface area contributed by atoms with Crippen LogP contribution in [-0.2, 0) is 4.74 Å². The zero-order valence-corrected chi connectivity index (χ0v) is 4.68. The summed E-state index contributed by atoms with van der Waals surface area (Å²) < 4.78 is 5.25. The fourth-order valence-electron chi connectivity index (χ4n) is 0.826. The molecule has 0 bridgehead atoms. The SMILES string of the molecule is CCC1[CH]CCO1. The fraction of sp³-hybridized carbons (Fsp3) is 0.833.